The molecule has 0 saturated heterocycles. The summed E-state index contributed by atoms with van der Waals surface area (Å²) in [5.41, 5.74) is 1.17. The van der Waals surface area contributed by atoms with Crippen molar-refractivity contribution in [3.63, 3.8) is 0 Å². The Bertz CT molecular complexity index is 668. The molecule has 0 aliphatic carbocycles. The minimum absolute atomic E-state index is 0.420. The van der Waals surface area contributed by atoms with Gasteiger partial charge in [0.15, 0.2) is 0 Å². The van der Waals surface area contributed by atoms with Crippen LogP contribution in [-0.2, 0) is 10.0 Å². The van der Waals surface area contributed by atoms with Gasteiger partial charge in [-0.05, 0) is 35.9 Å². The van der Waals surface area contributed by atoms with Gasteiger partial charge in [0, 0.05) is 11.2 Å². The number of anilines is 1. The van der Waals surface area contributed by atoms with Crippen molar-refractivity contribution in [1.29, 1.82) is 0 Å². The molecule has 0 atom stereocenters. The molecule has 6 heteroatoms. The summed E-state index contributed by atoms with van der Waals surface area (Å²) in [6, 6.07) is 10.1. The zero-order valence-corrected chi connectivity index (χ0v) is 11.4. The van der Waals surface area contributed by atoms with E-state index in [1.807, 2.05) is 0 Å². The van der Waals surface area contributed by atoms with Gasteiger partial charge in [0.2, 0.25) is 0 Å². The number of hydrogen-bond donors (Lipinski definition) is 1. The summed E-state index contributed by atoms with van der Waals surface area (Å²) in [6.45, 7) is 0. The number of pyridine rings is 1. The van der Waals surface area contributed by atoms with Crippen molar-refractivity contribution in [2.75, 3.05) is 4.72 Å². The first-order valence-corrected chi connectivity index (χ1v) is 7.34. The van der Waals surface area contributed by atoms with Crippen LogP contribution in [0, 0.1) is 0 Å². The minimum atomic E-state index is -3.55. The molecule has 0 unspecified atom stereocenters. The van der Waals surface area contributed by atoms with Crippen molar-refractivity contribution in [3.05, 3.63) is 64.8 Å². The molecule has 19 heavy (non-hydrogen) atoms. The van der Waals surface area contributed by atoms with E-state index in [1.165, 1.54) is 12.3 Å². The number of halogens is 1. The molecule has 0 fully saturated rings. The second kappa shape index (κ2) is 5.86. The summed E-state index contributed by atoms with van der Waals surface area (Å²) in [4.78, 5) is 3.83. The maximum absolute atomic E-state index is 11.8. The van der Waals surface area contributed by atoms with Gasteiger partial charge in [0.05, 0.1) is 17.3 Å². The third kappa shape index (κ3) is 4.39. The smallest absolute Gasteiger partial charge is 0.255 e. The Hall–Kier alpha value is -1.85. The van der Waals surface area contributed by atoms with E-state index in [1.54, 1.807) is 42.6 Å². The van der Waals surface area contributed by atoms with Crippen molar-refractivity contribution in [3.8, 4) is 0 Å². The summed E-state index contributed by atoms with van der Waals surface area (Å²) in [5, 5.41) is 1.71. The fourth-order valence-electron chi connectivity index (χ4n) is 1.36. The highest BCUT2D eigenvalue weighted by molar-refractivity contribution is 7.95. The van der Waals surface area contributed by atoms with E-state index in [4.69, 9.17) is 11.6 Å². The van der Waals surface area contributed by atoms with Gasteiger partial charge >= 0.3 is 0 Å². The van der Waals surface area contributed by atoms with Gasteiger partial charge in [-0.3, -0.25) is 9.71 Å². The second-order valence-electron chi connectivity index (χ2n) is 3.74. The number of nitrogens with zero attached hydrogens (tertiary/aromatic N) is 1. The molecule has 0 spiro atoms. The minimum Gasteiger partial charge on any atom is -0.279 e. The van der Waals surface area contributed by atoms with Gasteiger partial charge < -0.3 is 0 Å². The van der Waals surface area contributed by atoms with Gasteiger partial charge in [0.1, 0.15) is 0 Å². The van der Waals surface area contributed by atoms with Gasteiger partial charge in [0.25, 0.3) is 10.0 Å². The SMILES string of the molecule is O=S(=O)(C=Cc1ccc(Cl)cc1)Nc1cccnc1. The van der Waals surface area contributed by atoms with Crippen LogP contribution in [0.3, 0.4) is 0 Å². The first-order valence-electron chi connectivity index (χ1n) is 5.42. The Kier molecular flexibility index (Phi) is 4.19. The van der Waals surface area contributed by atoms with Crippen molar-refractivity contribution in [2.45, 2.75) is 0 Å². The molecule has 0 saturated carbocycles. The number of sulfonamides is 1. The standard InChI is InChI=1S/C13H11ClN2O2S/c14-12-5-3-11(4-6-12)7-9-19(17,18)16-13-2-1-8-15-10-13/h1-10,16H. The molecular formula is C13H11ClN2O2S. The molecule has 2 aromatic rings. The molecule has 0 amide bonds. The van der Waals surface area contributed by atoms with Gasteiger partial charge in [-0.1, -0.05) is 23.7 Å². The van der Waals surface area contributed by atoms with Crippen LogP contribution >= 0.6 is 11.6 Å². The summed E-state index contributed by atoms with van der Waals surface area (Å²) in [7, 11) is -3.55. The highest BCUT2D eigenvalue weighted by atomic mass is 35.5. The predicted octanol–water partition coefficient (Wildman–Crippen LogP) is 3.15. The van der Waals surface area contributed by atoms with Gasteiger partial charge in [-0.15, -0.1) is 0 Å². The predicted molar refractivity (Wildman–Crippen MR) is 77.3 cm³/mol. The Labute approximate surface area is 116 Å². The zero-order chi connectivity index (χ0) is 13.7. The first kappa shape index (κ1) is 13.6. The second-order valence-corrected chi connectivity index (χ2v) is 5.75. The monoisotopic (exact) mass is 294 g/mol. The fourth-order valence-corrected chi connectivity index (χ4v) is 2.34. The highest BCUT2D eigenvalue weighted by Gasteiger charge is 2.04. The van der Waals surface area contributed by atoms with Crippen LogP contribution in [-0.4, -0.2) is 13.4 Å². The summed E-state index contributed by atoms with van der Waals surface area (Å²) < 4.78 is 26.0. The fraction of sp³-hybridized carbons (Fsp3) is 0. The number of hydrogen-bond acceptors (Lipinski definition) is 3. The number of aromatic nitrogens is 1. The third-order valence-corrected chi connectivity index (χ3v) is 3.50. The van der Waals surface area contributed by atoms with Crippen LogP contribution in [0.15, 0.2) is 54.2 Å². The maximum atomic E-state index is 11.8. The van der Waals surface area contributed by atoms with Crippen molar-refractivity contribution < 1.29 is 8.42 Å². The van der Waals surface area contributed by atoms with E-state index in [9.17, 15) is 8.42 Å². The average Bonchev–Trinajstić information content (AvgIpc) is 2.39. The third-order valence-electron chi connectivity index (χ3n) is 2.23. The zero-order valence-electron chi connectivity index (χ0n) is 9.82. The van der Waals surface area contributed by atoms with E-state index in [0.717, 1.165) is 11.0 Å². The molecule has 1 aromatic heterocycles. The lowest BCUT2D eigenvalue weighted by Crippen LogP contribution is -2.08. The molecule has 1 aromatic carbocycles. The van der Waals surface area contributed by atoms with Crippen LogP contribution in [0.2, 0.25) is 5.02 Å². The van der Waals surface area contributed by atoms with Crippen molar-refractivity contribution in [1.82, 2.24) is 4.98 Å². The lowest BCUT2D eigenvalue weighted by molar-refractivity contribution is 0.609. The molecule has 0 bridgehead atoms. The molecule has 0 radical (unpaired) electrons. The molecule has 0 aliphatic heterocycles. The maximum Gasteiger partial charge on any atom is 0.255 e. The molecule has 1 N–H and O–H groups in total. The van der Waals surface area contributed by atoms with E-state index in [2.05, 4.69) is 9.71 Å². The van der Waals surface area contributed by atoms with Crippen molar-refractivity contribution in [2.24, 2.45) is 0 Å². The Morgan fingerprint density at radius 1 is 1.16 bits per heavy atom. The quantitative estimate of drug-likeness (QED) is 0.942. The van der Waals surface area contributed by atoms with E-state index in [-0.39, 0.29) is 0 Å². The Morgan fingerprint density at radius 3 is 2.53 bits per heavy atom. The number of benzene rings is 1. The van der Waals surface area contributed by atoms with Crippen molar-refractivity contribution >= 4 is 33.4 Å². The molecule has 0 aliphatic rings. The van der Waals surface area contributed by atoms with E-state index in [0.29, 0.717) is 10.7 Å². The van der Waals surface area contributed by atoms with Crippen LogP contribution < -0.4 is 4.72 Å². The summed E-state index contributed by atoms with van der Waals surface area (Å²) in [6.07, 6.45) is 4.50. The number of nitrogens with one attached hydrogen (secondary N) is 1. The Morgan fingerprint density at radius 2 is 1.89 bits per heavy atom. The molecule has 2 rings (SSSR count). The van der Waals surface area contributed by atoms with Crippen LogP contribution in [0.25, 0.3) is 6.08 Å². The van der Waals surface area contributed by atoms with Gasteiger partial charge in [-0.25, -0.2) is 8.42 Å². The summed E-state index contributed by atoms with van der Waals surface area (Å²) in [5.74, 6) is 0. The first-order chi connectivity index (χ1) is 9.05. The topological polar surface area (TPSA) is 59.1 Å². The molecule has 4 nitrogen and oxygen atoms in total. The average molecular weight is 295 g/mol. The van der Waals surface area contributed by atoms with Crippen LogP contribution in [0.4, 0.5) is 5.69 Å². The molecule has 98 valence electrons. The normalized spacial score (nSPS) is 11.6. The van der Waals surface area contributed by atoms with E-state index < -0.39 is 10.0 Å². The highest BCUT2D eigenvalue weighted by Crippen LogP contribution is 2.12. The lowest BCUT2D eigenvalue weighted by atomic mass is 10.2. The summed E-state index contributed by atoms with van der Waals surface area (Å²) >= 11 is 5.75. The van der Waals surface area contributed by atoms with E-state index >= 15 is 0 Å². The van der Waals surface area contributed by atoms with Crippen LogP contribution in [0.5, 0.6) is 0 Å². The number of rotatable bonds is 4. The Balaban J connectivity index is 2.11. The molecular weight excluding hydrogens is 284 g/mol. The molecule has 1 heterocycles. The van der Waals surface area contributed by atoms with Gasteiger partial charge in [-0.2, -0.15) is 0 Å². The lowest BCUT2D eigenvalue weighted by Gasteiger charge is -2.02. The largest absolute Gasteiger partial charge is 0.279 e. The van der Waals surface area contributed by atoms with Crippen LogP contribution in [0.1, 0.15) is 5.56 Å².